The zero-order valence-corrected chi connectivity index (χ0v) is 7.84. The summed E-state index contributed by atoms with van der Waals surface area (Å²) in [5.74, 6) is 0. The van der Waals surface area contributed by atoms with Crippen molar-refractivity contribution in [1.29, 1.82) is 0 Å². The van der Waals surface area contributed by atoms with Gasteiger partial charge in [0.05, 0.1) is 0 Å². The molecule has 0 aromatic carbocycles. The average molecular weight is 178 g/mol. The zero-order chi connectivity index (χ0) is 7.83. The predicted octanol–water partition coefficient (Wildman–Crippen LogP) is -2.30. The Bertz CT molecular complexity index is 122. The van der Waals surface area contributed by atoms with Gasteiger partial charge in [0, 0.05) is 6.61 Å². The maximum Gasteiger partial charge on any atom is 0.360 e. The molecule has 8 N–H and O–H groups in total. The first-order valence-corrected chi connectivity index (χ1v) is 8.68. The highest BCUT2D eigenvalue weighted by molar-refractivity contribution is 7.35. The summed E-state index contributed by atoms with van der Waals surface area (Å²) in [7, 11) is -4.97. The van der Waals surface area contributed by atoms with E-state index < -0.39 is 16.1 Å². The second-order valence-electron chi connectivity index (χ2n) is 2.79. The summed E-state index contributed by atoms with van der Waals surface area (Å²) in [4.78, 5) is 0. The number of hydrogen-bond acceptors (Lipinski definition) is 5. The molecule has 1 saturated heterocycles. The van der Waals surface area contributed by atoms with Gasteiger partial charge in [-0.15, -0.1) is 0 Å². The Kier molecular flexibility index (Phi) is 1.98. The minimum absolute atomic E-state index is 0.627. The molecule has 1 rings (SSSR count). The van der Waals surface area contributed by atoms with Crippen LogP contribution in [0.3, 0.4) is 0 Å². The van der Waals surface area contributed by atoms with Crippen LogP contribution in [0.25, 0.3) is 0 Å². The third kappa shape index (κ3) is 1.30. The first-order valence-electron chi connectivity index (χ1n) is 3.25. The van der Waals surface area contributed by atoms with Crippen LogP contribution in [-0.4, -0.2) is 22.7 Å². The van der Waals surface area contributed by atoms with E-state index in [1.807, 2.05) is 0 Å². The van der Waals surface area contributed by atoms with Gasteiger partial charge in [0.1, 0.15) is 0 Å². The summed E-state index contributed by atoms with van der Waals surface area (Å²) >= 11 is 0. The van der Waals surface area contributed by atoms with Gasteiger partial charge in [-0.05, 0) is 12.5 Å². The summed E-state index contributed by atoms with van der Waals surface area (Å²) in [6.45, 7) is 0.627. The van der Waals surface area contributed by atoms with Crippen LogP contribution in [0.5, 0.6) is 0 Å². The van der Waals surface area contributed by atoms with Crippen molar-refractivity contribution in [2.45, 2.75) is 12.5 Å². The summed E-state index contributed by atoms with van der Waals surface area (Å²) < 4.78 is 5.19. The van der Waals surface area contributed by atoms with Gasteiger partial charge in [-0.25, -0.2) is 0 Å². The van der Waals surface area contributed by atoms with Crippen molar-refractivity contribution in [1.82, 2.24) is 0 Å². The Hall–Kier alpha value is 0.234. The summed E-state index contributed by atoms with van der Waals surface area (Å²) in [6.07, 6.45) is 0.905. The molecule has 0 radical (unpaired) electrons. The van der Waals surface area contributed by atoms with Crippen LogP contribution in [0.2, 0.25) is 6.04 Å². The zero-order valence-electron chi connectivity index (χ0n) is 5.84. The SMILES string of the molecule is N[Si]1(N)CCCO[Si]1(N)N. The van der Waals surface area contributed by atoms with Crippen molar-refractivity contribution in [3.05, 3.63) is 0 Å². The van der Waals surface area contributed by atoms with Gasteiger partial charge in [-0.2, -0.15) is 0 Å². The molecule has 10 heavy (non-hydrogen) atoms. The Labute approximate surface area is 61.9 Å². The van der Waals surface area contributed by atoms with Gasteiger partial charge in [-0.3, -0.25) is 0 Å². The molecule has 60 valence electrons. The van der Waals surface area contributed by atoms with Crippen LogP contribution in [-0.2, 0) is 4.43 Å². The Morgan fingerprint density at radius 3 is 2.00 bits per heavy atom. The van der Waals surface area contributed by atoms with Crippen LogP contribution >= 0.6 is 0 Å². The van der Waals surface area contributed by atoms with Crippen LogP contribution < -0.4 is 21.6 Å². The summed E-state index contributed by atoms with van der Waals surface area (Å²) in [5.41, 5.74) is 0. The molecule has 1 fully saturated rings. The maximum absolute atomic E-state index is 5.76. The fourth-order valence-corrected chi connectivity index (χ4v) is 5.62. The molecule has 0 aromatic heterocycles. The van der Waals surface area contributed by atoms with Crippen molar-refractivity contribution in [2.75, 3.05) is 6.61 Å². The van der Waals surface area contributed by atoms with Crippen molar-refractivity contribution in [3.8, 4) is 0 Å². The Balaban J connectivity index is 2.70. The van der Waals surface area contributed by atoms with Crippen molar-refractivity contribution in [3.63, 3.8) is 0 Å². The van der Waals surface area contributed by atoms with E-state index in [1.54, 1.807) is 0 Å². The lowest BCUT2D eigenvalue weighted by Crippen LogP contribution is -2.87. The maximum atomic E-state index is 5.76. The highest BCUT2D eigenvalue weighted by atomic mass is 29.3. The first-order chi connectivity index (χ1) is 4.46. The average Bonchev–Trinajstić information content (AvgIpc) is 1.77. The molecule has 1 aliphatic rings. The lowest BCUT2D eigenvalue weighted by Gasteiger charge is -2.37. The minimum Gasteiger partial charge on any atom is -0.393 e. The van der Waals surface area contributed by atoms with Crippen LogP contribution in [0.15, 0.2) is 0 Å². The van der Waals surface area contributed by atoms with E-state index in [1.165, 1.54) is 0 Å². The second-order valence-corrected chi connectivity index (χ2v) is 12.4. The lowest BCUT2D eigenvalue weighted by atomic mass is 10.5. The monoisotopic (exact) mass is 178 g/mol. The standard InChI is InChI=1S/C3H14N4OSi2/c4-9(5)3-1-2-8-10(9,6)7/h1-7H2. The third-order valence-corrected chi connectivity index (χ3v) is 10.7. The van der Waals surface area contributed by atoms with Gasteiger partial charge < -0.3 is 26.0 Å². The highest BCUT2D eigenvalue weighted by Crippen LogP contribution is 2.13. The number of nitrogens with two attached hydrogens (primary N) is 4. The minimum atomic E-state index is -2.62. The van der Waals surface area contributed by atoms with Gasteiger partial charge >= 0.3 is 8.16 Å². The molecule has 1 heterocycles. The molecule has 0 aliphatic carbocycles. The normalized spacial score (nSPS) is 30.0. The van der Waals surface area contributed by atoms with E-state index in [9.17, 15) is 0 Å². The molecule has 0 bridgehead atoms. The molecule has 0 unspecified atom stereocenters. The molecule has 0 aromatic rings. The van der Waals surface area contributed by atoms with E-state index >= 15 is 0 Å². The second kappa shape index (κ2) is 2.38. The Morgan fingerprint density at radius 1 is 1.10 bits per heavy atom. The topological polar surface area (TPSA) is 113 Å². The third-order valence-electron chi connectivity index (χ3n) is 1.80. The fraction of sp³-hybridized carbons (Fsp3) is 1.00. The molecular formula is C3H14N4OSi2. The summed E-state index contributed by atoms with van der Waals surface area (Å²) in [6, 6.07) is 0.798. The number of hydrogen-bond donors (Lipinski definition) is 4. The van der Waals surface area contributed by atoms with Gasteiger partial charge in [-0.1, -0.05) is 0 Å². The summed E-state index contributed by atoms with van der Waals surface area (Å²) in [5, 5.41) is 22.8. The molecule has 0 saturated carbocycles. The molecule has 7 heteroatoms. The van der Waals surface area contributed by atoms with Gasteiger partial charge in [0.15, 0.2) is 0 Å². The smallest absolute Gasteiger partial charge is 0.360 e. The van der Waals surface area contributed by atoms with Crippen molar-refractivity contribution < 1.29 is 4.43 Å². The van der Waals surface area contributed by atoms with Gasteiger partial charge in [0.2, 0.25) is 0 Å². The van der Waals surface area contributed by atoms with E-state index in [0.29, 0.717) is 6.61 Å². The van der Waals surface area contributed by atoms with Crippen LogP contribution in [0.1, 0.15) is 6.42 Å². The molecule has 5 nitrogen and oxygen atoms in total. The predicted molar refractivity (Wildman–Crippen MR) is 43.6 cm³/mol. The van der Waals surface area contributed by atoms with Crippen LogP contribution in [0, 0.1) is 0 Å². The van der Waals surface area contributed by atoms with E-state index in [0.717, 1.165) is 12.5 Å². The molecule has 0 atom stereocenters. The Morgan fingerprint density at radius 2 is 1.70 bits per heavy atom. The van der Waals surface area contributed by atoms with E-state index in [4.69, 9.17) is 26.0 Å². The molecule has 0 spiro atoms. The van der Waals surface area contributed by atoms with E-state index in [2.05, 4.69) is 0 Å². The highest BCUT2D eigenvalue weighted by Gasteiger charge is 2.51. The molecule has 0 amide bonds. The first kappa shape index (κ1) is 8.33. The van der Waals surface area contributed by atoms with Gasteiger partial charge in [0.25, 0.3) is 7.91 Å². The van der Waals surface area contributed by atoms with Crippen molar-refractivity contribution in [2.24, 2.45) is 21.6 Å². The van der Waals surface area contributed by atoms with E-state index in [-0.39, 0.29) is 0 Å². The lowest BCUT2D eigenvalue weighted by molar-refractivity contribution is 0.299. The fourth-order valence-electron chi connectivity index (χ4n) is 0.935. The quantitative estimate of drug-likeness (QED) is 0.312. The number of rotatable bonds is 0. The van der Waals surface area contributed by atoms with Crippen LogP contribution in [0.4, 0.5) is 0 Å². The van der Waals surface area contributed by atoms with Crippen molar-refractivity contribution >= 4 is 16.1 Å². The molecule has 1 aliphatic heterocycles. The largest absolute Gasteiger partial charge is 0.393 e. The molecular weight excluding hydrogens is 164 g/mol.